The van der Waals surface area contributed by atoms with Crippen molar-refractivity contribution in [3.8, 4) is 34.5 Å². The van der Waals surface area contributed by atoms with Crippen LogP contribution in [0.15, 0.2) is 158 Å². The number of alkyl halides is 3. The van der Waals surface area contributed by atoms with Gasteiger partial charge in [-0.2, -0.15) is 0 Å². The molecule has 12 nitrogen and oxygen atoms in total. The summed E-state index contributed by atoms with van der Waals surface area (Å²) < 4.78 is 62.1. The number of carbonyl (C=O) groups is 3. The van der Waals surface area contributed by atoms with Crippen LogP contribution >= 0.6 is 0 Å². The van der Waals surface area contributed by atoms with E-state index in [2.05, 4.69) is 20.7 Å². The third kappa shape index (κ3) is 11.5. The maximum Gasteiger partial charge on any atom is 0.573 e. The van der Waals surface area contributed by atoms with Gasteiger partial charge in [-0.1, -0.05) is 78.9 Å². The number of phenols is 1. The summed E-state index contributed by atoms with van der Waals surface area (Å²) in [4.78, 5) is 36.5. The number of nitrogens with one attached hydrogen (secondary N) is 3. The van der Waals surface area contributed by atoms with Crippen LogP contribution < -0.4 is 39.6 Å². The number of phenolic OH excluding ortho intramolecular Hbond substituents is 1. The summed E-state index contributed by atoms with van der Waals surface area (Å²) in [6.45, 7) is 0.187. The van der Waals surface area contributed by atoms with E-state index < -0.39 is 18.0 Å². The minimum absolute atomic E-state index is 0.0551. The summed E-state index contributed by atoms with van der Waals surface area (Å²) in [5.74, 6) is 0.563. The molecule has 1 heterocycles. The van der Waals surface area contributed by atoms with Crippen molar-refractivity contribution in [1.29, 1.82) is 0 Å². The van der Waals surface area contributed by atoms with Crippen LogP contribution in [0.1, 0.15) is 31.1 Å². The fourth-order valence-corrected chi connectivity index (χ4v) is 5.90. The lowest BCUT2D eigenvalue weighted by Crippen LogP contribution is -2.19. The van der Waals surface area contributed by atoms with Gasteiger partial charge in [0, 0.05) is 11.1 Å². The minimum atomic E-state index is -4.88. The van der Waals surface area contributed by atoms with Crippen LogP contribution in [-0.2, 0) is 0 Å². The Morgan fingerprint density at radius 2 is 1.00 bits per heavy atom. The maximum absolute atomic E-state index is 12.4. The highest BCUT2D eigenvalue weighted by Gasteiger charge is 2.32. The van der Waals surface area contributed by atoms with E-state index in [-0.39, 0.29) is 35.6 Å². The molecule has 0 saturated heterocycles. The number of para-hydroxylation sites is 6. The molecular formula is C47H38F3N3O9. The number of rotatable bonds is 9. The van der Waals surface area contributed by atoms with Gasteiger partial charge in [-0.25, -0.2) is 0 Å². The van der Waals surface area contributed by atoms with E-state index in [1.165, 1.54) is 30.3 Å². The molecule has 0 fully saturated rings. The molecule has 0 saturated carbocycles. The Labute approximate surface area is 353 Å². The van der Waals surface area contributed by atoms with Crippen molar-refractivity contribution >= 4 is 45.6 Å². The summed E-state index contributed by atoms with van der Waals surface area (Å²) in [6.07, 6.45) is -4.88. The predicted octanol–water partition coefficient (Wildman–Crippen LogP) is 10.3. The molecule has 0 aliphatic carbocycles. The molecule has 0 spiro atoms. The quantitative estimate of drug-likeness (QED) is 0.111. The number of amides is 3. The second-order valence-electron chi connectivity index (χ2n) is 13.0. The monoisotopic (exact) mass is 845 g/mol. The van der Waals surface area contributed by atoms with Crippen LogP contribution in [-0.4, -0.2) is 50.2 Å². The molecule has 0 radical (unpaired) electrons. The molecular weight excluding hydrogens is 808 g/mol. The van der Waals surface area contributed by atoms with Gasteiger partial charge in [0.25, 0.3) is 17.7 Å². The lowest BCUT2D eigenvalue weighted by Gasteiger charge is -2.14. The fourth-order valence-electron chi connectivity index (χ4n) is 5.90. The van der Waals surface area contributed by atoms with Crippen LogP contribution in [0, 0.1) is 0 Å². The molecule has 62 heavy (non-hydrogen) atoms. The number of aromatic hydroxyl groups is 1. The summed E-state index contributed by atoms with van der Waals surface area (Å²) in [6, 6.07) is 43.8. The van der Waals surface area contributed by atoms with Gasteiger partial charge < -0.3 is 44.7 Å². The first-order valence-electron chi connectivity index (χ1n) is 18.6. The Hall–Kier alpha value is -8.20. The summed E-state index contributed by atoms with van der Waals surface area (Å²) in [5, 5.41) is 19.4. The molecule has 15 heteroatoms. The number of halogens is 3. The number of ether oxygens (including phenoxy) is 5. The van der Waals surface area contributed by atoms with E-state index in [9.17, 15) is 32.7 Å². The molecule has 0 unspecified atom stereocenters. The molecule has 0 aromatic heterocycles. The van der Waals surface area contributed by atoms with Crippen molar-refractivity contribution in [2.24, 2.45) is 0 Å². The third-order valence-corrected chi connectivity index (χ3v) is 8.85. The Morgan fingerprint density at radius 1 is 0.532 bits per heavy atom. The maximum atomic E-state index is 12.4. The van der Waals surface area contributed by atoms with Gasteiger partial charge in [-0.15, -0.1) is 13.2 Å². The number of carbonyl (C=O) groups excluding carboxylic acids is 3. The normalized spacial score (nSPS) is 11.1. The number of benzene rings is 7. The van der Waals surface area contributed by atoms with Gasteiger partial charge in [-0.3, -0.25) is 14.4 Å². The minimum Gasteiger partial charge on any atom is -0.507 e. The summed E-state index contributed by atoms with van der Waals surface area (Å²) >= 11 is 0. The molecule has 3 amide bonds. The highest BCUT2D eigenvalue weighted by atomic mass is 19.4. The summed E-state index contributed by atoms with van der Waals surface area (Å²) in [5.41, 5.74) is 2.21. The highest BCUT2D eigenvalue weighted by molar-refractivity contribution is 6.09. The van der Waals surface area contributed by atoms with E-state index in [1.54, 1.807) is 93.1 Å². The first-order chi connectivity index (χ1) is 29.9. The van der Waals surface area contributed by atoms with Crippen molar-refractivity contribution in [2.45, 2.75) is 6.36 Å². The lowest BCUT2D eigenvalue weighted by atomic mass is 10.1. The van der Waals surface area contributed by atoms with Crippen LogP contribution in [0.5, 0.6) is 34.5 Å². The zero-order valence-electron chi connectivity index (χ0n) is 33.1. The first-order valence-corrected chi connectivity index (χ1v) is 18.6. The number of hydrogen-bond acceptors (Lipinski definition) is 9. The van der Waals surface area contributed by atoms with E-state index >= 15 is 0 Å². The predicted molar refractivity (Wildman–Crippen MR) is 228 cm³/mol. The van der Waals surface area contributed by atoms with Gasteiger partial charge in [0.1, 0.15) is 17.2 Å². The van der Waals surface area contributed by atoms with Crippen LogP contribution in [0.3, 0.4) is 0 Å². The zero-order chi connectivity index (χ0) is 44.1. The van der Waals surface area contributed by atoms with E-state index in [1.807, 2.05) is 42.5 Å². The first kappa shape index (κ1) is 43.4. The number of methoxy groups -OCH3 is 2. The van der Waals surface area contributed by atoms with E-state index in [0.29, 0.717) is 50.9 Å². The molecule has 4 N–H and O–H groups in total. The average Bonchev–Trinajstić information content (AvgIpc) is 3.76. The Bertz CT molecular complexity index is 2680. The highest BCUT2D eigenvalue weighted by Crippen LogP contribution is 2.34. The Morgan fingerprint density at radius 3 is 1.58 bits per heavy atom. The second kappa shape index (κ2) is 20.2. The van der Waals surface area contributed by atoms with Crippen molar-refractivity contribution in [3.05, 3.63) is 174 Å². The van der Waals surface area contributed by atoms with Crippen molar-refractivity contribution in [3.63, 3.8) is 0 Å². The van der Waals surface area contributed by atoms with Crippen LogP contribution in [0.2, 0.25) is 0 Å². The number of fused-ring (bicyclic) bond motifs is 2. The topological polar surface area (TPSA) is 154 Å². The lowest BCUT2D eigenvalue weighted by molar-refractivity contribution is -0.274. The Kier molecular flexibility index (Phi) is 14.1. The van der Waals surface area contributed by atoms with Gasteiger partial charge in [0.05, 0.1) is 36.8 Å². The SMILES string of the molecule is COc1ccccc1NC(=O)c1ccc2c(c1)OCO2.COc1ccccc1NC(=O)c1ccccc1.O=C(Nc1ccccc1OC(F)(F)F)c1cc2ccccc2cc1O. The Balaban J connectivity index is 0.000000158. The molecule has 0 bridgehead atoms. The van der Waals surface area contributed by atoms with Gasteiger partial charge in [-0.05, 0) is 89.6 Å². The molecule has 7 aromatic rings. The zero-order valence-corrected chi connectivity index (χ0v) is 33.1. The molecule has 1 aliphatic rings. The third-order valence-electron chi connectivity index (χ3n) is 8.85. The number of anilines is 3. The molecule has 7 aromatic carbocycles. The van der Waals surface area contributed by atoms with Gasteiger partial charge >= 0.3 is 6.36 Å². The van der Waals surface area contributed by atoms with Crippen molar-refractivity contribution < 1.29 is 56.3 Å². The molecule has 0 atom stereocenters. The van der Waals surface area contributed by atoms with E-state index in [4.69, 9.17) is 18.9 Å². The van der Waals surface area contributed by atoms with Gasteiger partial charge in [0.2, 0.25) is 6.79 Å². The molecule has 316 valence electrons. The fraction of sp³-hybridized carbons (Fsp3) is 0.0851. The number of hydrogen-bond donors (Lipinski definition) is 4. The van der Waals surface area contributed by atoms with Crippen LogP contribution in [0.25, 0.3) is 10.8 Å². The van der Waals surface area contributed by atoms with Crippen LogP contribution in [0.4, 0.5) is 30.2 Å². The van der Waals surface area contributed by atoms with Crippen molar-refractivity contribution in [1.82, 2.24) is 0 Å². The van der Waals surface area contributed by atoms with Gasteiger partial charge in [0.15, 0.2) is 17.2 Å². The molecule has 1 aliphatic heterocycles. The molecule has 8 rings (SSSR count). The standard InChI is InChI=1S/C18H12F3NO3.C15H13NO4.C14H13NO2/c19-18(20,21)25-16-8-4-3-7-14(16)22-17(24)13-9-11-5-1-2-6-12(11)10-15(13)23;1-18-12-5-3-2-4-11(12)16-15(17)10-6-7-13-14(8-10)20-9-19-13;1-17-13-10-6-5-9-12(13)15-14(16)11-7-3-2-4-8-11/h1-10,23H,(H,22,24);2-8H,9H2,1H3,(H,16,17);2-10H,1H3,(H,15,16). The van der Waals surface area contributed by atoms with E-state index in [0.717, 1.165) is 11.5 Å². The van der Waals surface area contributed by atoms with Crippen molar-refractivity contribution in [2.75, 3.05) is 37.0 Å². The summed E-state index contributed by atoms with van der Waals surface area (Å²) in [7, 11) is 3.14. The largest absolute Gasteiger partial charge is 0.573 e. The second-order valence-corrected chi connectivity index (χ2v) is 13.0. The smallest absolute Gasteiger partial charge is 0.507 e. The average molecular weight is 846 g/mol.